The van der Waals surface area contributed by atoms with Gasteiger partial charge in [0.15, 0.2) is 0 Å². The molecule has 114 valence electrons. The Balaban J connectivity index is 2.07. The molecule has 1 atom stereocenters. The zero-order valence-electron chi connectivity index (χ0n) is 12.4. The summed E-state index contributed by atoms with van der Waals surface area (Å²) in [5.41, 5.74) is -0.189. The Morgan fingerprint density at radius 3 is 2.65 bits per heavy atom. The largest absolute Gasteiger partial charge is 0.337 e. The highest BCUT2D eigenvalue weighted by Crippen LogP contribution is 2.24. The van der Waals surface area contributed by atoms with E-state index in [9.17, 15) is 8.42 Å². The molecule has 0 unspecified atom stereocenters. The summed E-state index contributed by atoms with van der Waals surface area (Å²) in [4.78, 5) is 6.37. The van der Waals surface area contributed by atoms with Crippen LogP contribution in [-0.4, -0.2) is 43.9 Å². The van der Waals surface area contributed by atoms with Crippen LogP contribution >= 0.6 is 0 Å². The number of rotatable bonds is 3. The molecular weight excluding hydrogens is 280 g/mol. The van der Waals surface area contributed by atoms with E-state index in [1.165, 1.54) is 6.26 Å². The maximum atomic E-state index is 11.3. The van der Waals surface area contributed by atoms with Crippen molar-refractivity contribution in [3.63, 3.8) is 0 Å². The first-order valence-electron chi connectivity index (χ1n) is 6.71. The average molecular weight is 302 g/mol. The monoisotopic (exact) mass is 302 g/mol. The van der Waals surface area contributed by atoms with E-state index in [-0.39, 0.29) is 11.5 Å². The molecule has 8 heteroatoms. The van der Waals surface area contributed by atoms with Crippen molar-refractivity contribution < 1.29 is 12.9 Å². The number of anilines is 1. The van der Waals surface area contributed by atoms with E-state index < -0.39 is 10.0 Å². The SMILES string of the molecule is CC(C)(C)c1nc(N2CCC[C@@H](NS(C)(=O)=O)C2)no1. The molecule has 0 saturated carbocycles. The number of hydrogen-bond acceptors (Lipinski definition) is 6. The predicted octanol–water partition coefficient (Wildman–Crippen LogP) is 0.885. The normalized spacial score (nSPS) is 21.2. The third kappa shape index (κ3) is 3.92. The highest BCUT2D eigenvalue weighted by Gasteiger charge is 2.27. The van der Waals surface area contributed by atoms with E-state index in [2.05, 4.69) is 14.9 Å². The zero-order chi connectivity index (χ0) is 15.0. The topological polar surface area (TPSA) is 88.3 Å². The van der Waals surface area contributed by atoms with E-state index in [1.807, 2.05) is 25.7 Å². The molecule has 7 nitrogen and oxygen atoms in total. The molecule has 0 radical (unpaired) electrons. The second-order valence-electron chi connectivity index (χ2n) is 6.32. The molecule has 1 aliphatic rings. The predicted molar refractivity (Wildman–Crippen MR) is 76.2 cm³/mol. The van der Waals surface area contributed by atoms with Crippen LogP contribution in [0.3, 0.4) is 0 Å². The Morgan fingerprint density at radius 1 is 1.40 bits per heavy atom. The molecule has 0 amide bonds. The highest BCUT2D eigenvalue weighted by molar-refractivity contribution is 7.88. The number of piperidine rings is 1. The summed E-state index contributed by atoms with van der Waals surface area (Å²) < 4.78 is 30.5. The lowest BCUT2D eigenvalue weighted by molar-refractivity contribution is 0.319. The zero-order valence-corrected chi connectivity index (χ0v) is 13.2. The minimum atomic E-state index is -3.19. The van der Waals surface area contributed by atoms with E-state index in [4.69, 9.17) is 4.52 Å². The Hall–Kier alpha value is -1.15. The number of aromatic nitrogens is 2. The second-order valence-corrected chi connectivity index (χ2v) is 8.10. The van der Waals surface area contributed by atoms with Gasteiger partial charge in [-0.1, -0.05) is 20.8 Å². The molecule has 0 spiro atoms. The molecule has 0 aliphatic carbocycles. The van der Waals surface area contributed by atoms with Gasteiger partial charge >= 0.3 is 0 Å². The summed E-state index contributed by atoms with van der Waals surface area (Å²) >= 11 is 0. The Bertz CT molecular complexity index is 562. The van der Waals surface area contributed by atoms with Crippen molar-refractivity contribution in [2.45, 2.75) is 45.1 Å². The van der Waals surface area contributed by atoms with Crippen LogP contribution in [0.4, 0.5) is 5.95 Å². The van der Waals surface area contributed by atoms with Gasteiger partial charge in [0.25, 0.3) is 5.95 Å². The van der Waals surface area contributed by atoms with Crippen LogP contribution in [0.1, 0.15) is 39.5 Å². The molecule has 1 aromatic heterocycles. The first-order valence-corrected chi connectivity index (χ1v) is 8.61. The van der Waals surface area contributed by atoms with Crippen molar-refractivity contribution >= 4 is 16.0 Å². The summed E-state index contributed by atoms with van der Waals surface area (Å²) in [5, 5.41) is 4.00. The maximum absolute atomic E-state index is 11.3. The first kappa shape index (κ1) is 15.2. The number of nitrogens with zero attached hydrogens (tertiary/aromatic N) is 3. The lowest BCUT2D eigenvalue weighted by Crippen LogP contribution is -2.47. The summed E-state index contributed by atoms with van der Waals surface area (Å²) in [5.74, 6) is 1.13. The van der Waals surface area contributed by atoms with Gasteiger partial charge in [-0.25, -0.2) is 13.1 Å². The molecule has 1 N–H and O–H groups in total. The first-order chi connectivity index (χ1) is 9.15. The Kier molecular flexibility index (Phi) is 4.06. The Labute approximate surface area is 119 Å². The van der Waals surface area contributed by atoms with Gasteiger partial charge in [0.1, 0.15) is 0 Å². The van der Waals surface area contributed by atoms with Crippen molar-refractivity contribution in [3.8, 4) is 0 Å². The van der Waals surface area contributed by atoms with E-state index in [0.29, 0.717) is 18.4 Å². The summed E-state index contributed by atoms with van der Waals surface area (Å²) in [7, 11) is -3.19. The van der Waals surface area contributed by atoms with Crippen LogP contribution in [0.5, 0.6) is 0 Å². The van der Waals surface area contributed by atoms with Crippen molar-refractivity contribution in [1.82, 2.24) is 14.9 Å². The summed E-state index contributed by atoms with van der Waals surface area (Å²) in [6.07, 6.45) is 2.90. The lowest BCUT2D eigenvalue weighted by Gasteiger charge is -2.31. The van der Waals surface area contributed by atoms with Crippen LogP contribution in [0.2, 0.25) is 0 Å². The molecule has 1 aromatic rings. The quantitative estimate of drug-likeness (QED) is 0.892. The van der Waals surface area contributed by atoms with Crippen molar-refractivity contribution in [1.29, 1.82) is 0 Å². The molecule has 2 rings (SSSR count). The maximum Gasteiger partial charge on any atom is 0.266 e. The molecular formula is C12H22N4O3S. The van der Waals surface area contributed by atoms with Gasteiger partial charge in [-0.2, -0.15) is 4.98 Å². The smallest absolute Gasteiger partial charge is 0.266 e. The van der Waals surface area contributed by atoms with E-state index >= 15 is 0 Å². The third-order valence-electron chi connectivity index (χ3n) is 3.14. The fourth-order valence-corrected chi connectivity index (χ4v) is 3.00. The number of nitrogens with one attached hydrogen (secondary N) is 1. The van der Waals surface area contributed by atoms with Crippen LogP contribution in [0, 0.1) is 0 Å². The van der Waals surface area contributed by atoms with Gasteiger partial charge in [-0.15, -0.1) is 0 Å². The van der Waals surface area contributed by atoms with Crippen LogP contribution in [0.25, 0.3) is 0 Å². The number of sulfonamides is 1. The van der Waals surface area contributed by atoms with Crippen molar-refractivity contribution in [3.05, 3.63) is 5.89 Å². The van der Waals surface area contributed by atoms with Gasteiger partial charge in [-0.05, 0) is 18.0 Å². The van der Waals surface area contributed by atoms with Crippen LogP contribution in [-0.2, 0) is 15.4 Å². The van der Waals surface area contributed by atoms with Gasteiger partial charge in [-0.3, -0.25) is 0 Å². The van der Waals surface area contributed by atoms with Crippen LogP contribution in [0.15, 0.2) is 4.52 Å². The van der Waals surface area contributed by atoms with E-state index in [0.717, 1.165) is 19.4 Å². The fraction of sp³-hybridized carbons (Fsp3) is 0.833. The third-order valence-corrected chi connectivity index (χ3v) is 3.90. The lowest BCUT2D eigenvalue weighted by atomic mass is 9.97. The average Bonchev–Trinajstić information content (AvgIpc) is 2.75. The van der Waals surface area contributed by atoms with Gasteiger partial charge < -0.3 is 9.42 Å². The molecule has 0 aromatic carbocycles. The minimum Gasteiger partial charge on any atom is -0.337 e. The fourth-order valence-electron chi connectivity index (χ4n) is 2.21. The van der Waals surface area contributed by atoms with Gasteiger partial charge in [0.05, 0.1) is 6.26 Å². The Morgan fingerprint density at radius 2 is 2.10 bits per heavy atom. The summed E-state index contributed by atoms with van der Waals surface area (Å²) in [6.45, 7) is 7.40. The molecule has 0 bridgehead atoms. The minimum absolute atomic E-state index is 0.102. The van der Waals surface area contributed by atoms with Crippen molar-refractivity contribution in [2.75, 3.05) is 24.2 Å². The van der Waals surface area contributed by atoms with E-state index in [1.54, 1.807) is 0 Å². The molecule has 1 aliphatic heterocycles. The molecule has 1 saturated heterocycles. The second kappa shape index (κ2) is 5.33. The standard InChI is InChI=1S/C12H22N4O3S/c1-12(2,3)10-13-11(14-19-10)16-7-5-6-9(8-16)15-20(4,17)18/h9,15H,5-8H2,1-4H3/t9-/m1/s1. The molecule has 2 heterocycles. The summed E-state index contributed by atoms with van der Waals surface area (Å²) in [6, 6.07) is -0.102. The highest BCUT2D eigenvalue weighted by atomic mass is 32.2. The number of hydrogen-bond donors (Lipinski definition) is 1. The van der Waals surface area contributed by atoms with Crippen molar-refractivity contribution in [2.24, 2.45) is 0 Å². The van der Waals surface area contributed by atoms with Crippen LogP contribution < -0.4 is 9.62 Å². The van der Waals surface area contributed by atoms with Gasteiger partial charge in [0.2, 0.25) is 15.9 Å². The molecule has 1 fully saturated rings. The van der Waals surface area contributed by atoms with Gasteiger partial charge in [0, 0.05) is 24.5 Å². The molecule has 20 heavy (non-hydrogen) atoms.